The molecule has 4 nitrogen and oxygen atoms in total. The fraction of sp³-hybridized carbons (Fsp3) is 0.385. The molecular weight excluding hydrogens is 296 g/mol. The van der Waals surface area contributed by atoms with Crippen molar-refractivity contribution < 1.29 is 9.53 Å². The van der Waals surface area contributed by atoms with Gasteiger partial charge in [-0.15, -0.1) is 0 Å². The van der Waals surface area contributed by atoms with Crippen molar-refractivity contribution in [3.05, 3.63) is 34.3 Å². The van der Waals surface area contributed by atoms with E-state index in [1.165, 1.54) is 0 Å². The van der Waals surface area contributed by atoms with Crippen molar-refractivity contribution in [2.75, 3.05) is 13.2 Å². The van der Waals surface area contributed by atoms with Crippen LogP contribution in [-0.2, 0) is 9.53 Å². The Hall–Kier alpha value is -1.20. The topological polar surface area (TPSA) is 54.0 Å². The molecule has 0 bridgehead atoms. The number of rotatable bonds is 3. The van der Waals surface area contributed by atoms with E-state index in [1.54, 1.807) is 0 Å². The summed E-state index contributed by atoms with van der Waals surface area (Å²) in [6.45, 7) is 2.97. The monoisotopic (exact) mass is 308 g/mol. The van der Waals surface area contributed by atoms with E-state index in [1.807, 2.05) is 31.2 Å². The van der Waals surface area contributed by atoms with Crippen LogP contribution < -0.4 is 5.43 Å². The number of nitrogens with one attached hydrogen (secondary N) is 1. The van der Waals surface area contributed by atoms with Gasteiger partial charge in [-0.3, -0.25) is 4.79 Å². The molecule has 18 heavy (non-hydrogen) atoms. The maximum absolute atomic E-state index is 12.3. The summed E-state index contributed by atoms with van der Waals surface area (Å²) in [7, 11) is 0. The average Bonchev–Trinajstić information content (AvgIpc) is 2.94. The van der Waals surface area contributed by atoms with Crippen molar-refractivity contribution in [1.82, 2.24) is 5.43 Å². The molecule has 2 aliphatic heterocycles. The lowest BCUT2D eigenvalue weighted by Crippen LogP contribution is -2.32. The number of nitrogens with zero attached hydrogens (tertiary/aromatic N) is 1. The van der Waals surface area contributed by atoms with Crippen LogP contribution in [0.25, 0.3) is 0 Å². The van der Waals surface area contributed by atoms with Gasteiger partial charge in [0.15, 0.2) is 5.60 Å². The lowest BCUT2D eigenvalue weighted by atomic mass is 9.89. The molecule has 0 spiro atoms. The van der Waals surface area contributed by atoms with Crippen LogP contribution in [-0.4, -0.2) is 30.2 Å². The third-order valence-electron chi connectivity index (χ3n) is 3.37. The fourth-order valence-electron chi connectivity index (χ4n) is 2.12. The number of hydrogen-bond donors (Lipinski definition) is 1. The van der Waals surface area contributed by atoms with Crippen LogP contribution in [0.15, 0.2) is 33.8 Å². The van der Waals surface area contributed by atoms with Crippen LogP contribution in [0.2, 0.25) is 0 Å². The van der Waals surface area contributed by atoms with Gasteiger partial charge in [0.05, 0.1) is 12.5 Å². The third kappa shape index (κ3) is 1.97. The van der Waals surface area contributed by atoms with Crippen molar-refractivity contribution in [2.24, 2.45) is 5.10 Å². The summed E-state index contributed by atoms with van der Waals surface area (Å²) in [5.41, 5.74) is 3.94. The van der Waals surface area contributed by atoms with Crippen LogP contribution in [0.3, 0.4) is 0 Å². The maximum atomic E-state index is 12.3. The molecule has 94 valence electrons. The Morgan fingerprint density at radius 1 is 1.61 bits per heavy atom. The highest BCUT2D eigenvalue weighted by Crippen LogP contribution is 2.32. The van der Waals surface area contributed by atoms with Gasteiger partial charge in [-0.05, 0) is 24.6 Å². The number of hydrogen-bond acceptors (Lipinski definition) is 4. The summed E-state index contributed by atoms with van der Waals surface area (Å²) in [5.74, 6) is 0.00787. The molecule has 2 heterocycles. The van der Waals surface area contributed by atoms with Gasteiger partial charge in [0.25, 0.3) is 0 Å². The average molecular weight is 309 g/mol. The molecule has 1 fully saturated rings. The van der Waals surface area contributed by atoms with Crippen LogP contribution in [0.4, 0.5) is 0 Å². The first-order valence-corrected chi connectivity index (χ1v) is 6.64. The Labute approximate surface area is 114 Å². The Bertz CT molecular complexity index is 538. The highest BCUT2D eigenvalue weighted by Gasteiger charge is 2.51. The zero-order chi connectivity index (χ0) is 12.8. The van der Waals surface area contributed by atoms with E-state index in [4.69, 9.17) is 4.74 Å². The smallest absolute Gasteiger partial charge is 0.213 e. The number of carbonyl (C=O) groups excluding carboxylic acids is 1. The van der Waals surface area contributed by atoms with Crippen LogP contribution in [0.5, 0.6) is 0 Å². The van der Waals surface area contributed by atoms with E-state index in [2.05, 4.69) is 26.5 Å². The van der Waals surface area contributed by atoms with Gasteiger partial charge < -0.3 is 10.2 Å². The fourth-order valence-corrected chi connectivity index (χ4v) is 2.53. The minimum Gasteiger partial charge on any atom is -0.361 e. The SMILES string of the molecule is C[C@]1(C(=O)C2=NNCC2c2cccc(Br)c2)CO1. The number of ether oxygens (including phenoxy) is 1. The molecule has 1 unspecified atom stereocenters. The van der Waals surface area contributed by atoms with Crippen molar-refractivity contribution >= 4 is 27.4 Å². The molecule has 5 heteroatoms. The first-order chi connectivity index (χ1) is 8.60. The van der Waals surface area contributed by atoms with Gasteiger partial charge in [0, 0.05) is 11.0 Å². The molecule has 2 atom stereocenters. The molecule has 0 saturated carbocycles. The van der Waals surface area contributed by atoms with E-state index >= 15 is 0 Å². The van der Waals surface area contributed by atoms with E-state index in [0.29, 0.717) is 18.9 Å². The van der Waals surface area contributed by atoms with Crippen molar-refractivity contribution in [3.8, 4) is 0 Å². The zero-order valence-corrected chi connectivity index (χ0v) is 11.5. The number of ketones is 1. The number of hydrazone groups is 1. The lowest BCUT2D eigenvalue weighted by Gasteiger charge is -2.13. The molecule has 1 N–H and O–H groups in total. The number of Topliss-reactive ketones (excluding diaryl/α,β-unsaturated/α-hetero) is 1. The van der Waals surface area contributed by atoms with Crippen LogP contribution >= 0.6 is 15.9 Å². The third-order valence-corrected chi connectivity index (χ3v) is 3.86. The molecular formula is C13H13BrN2O2. The second kappa shape index (κ2) is 4.17. The first-order valence-electron chi connectivity index (χ1n) is 5.85. The molecule has 0 radical (unpaired) electrons. The van der Waals surface area contributed by atoms with Gasteiger partial charge in [-0.1, -0.05) is 28.1 Å². The molecule has 0 aromatic heterocycles. The van der Waals surface area contributed by atoms with E-state index < -0.39 is 5.60 Å². The number of epoxide rings is 1. The second-order valence-corrected chi connectivity index (χ2v) is 5.73. The van der Waals surface area contributed by atoms with Crippen molar-refractivity contribution in [3.63, 3.8) is 0 Å². The van der Waals surface area contributed by atoms with Gasteiger partial charge in [-0.25, -0.2) is 0 Å². The second-order valence-electron chi connectivity index (χ2n) is 4.82. The van der Waals surface area contributed by atoms with Gasteiger partial charge >= 0.3 is 0 Å². The van der Waals surface area contributed by atoms with Gasteiger partial charge in [0.2, 0.25) is 5.78 Å². The minimum absolute atomic E-state index is 0.00234. The Morgan fingerprint density at radius 2 is 2.39 bits per heavy atom. The molecule has 1 aromatic rings. The summed E-state index contributed by atoms with van der Waals surface area (Å²) in [6.07, 6.45) is 0. The maximum Gasteiger partial charge on any atom is 0.213 e. The molecule has 1 saturated heterocycles. The number of benzene rings is 1. The Morgan fingerprint density at radius 3 is 3.06 bits per heavy atom. The Balaban J connectivity index is 1.89. The van der Waals surface area contributed by atoms with Gasteiger partial charge in [0.1, 0.15) is 5.71 Å². The summed E-state index contributed by atoms with van der Waals surface area (Å²) in [5, 5.41) is 4.15. The molecule has 3 rings (SSSR count). The van der Waals surface area contributed by atoms with E-state index in [0.717, 1.165) is 10.0 Å². The summed E-state index contributed by atoms with van der Waals surface area (Å²) >= 11 is 3.45. The molecule has 0 amide bonds. The number of halogens is 1. The van der Waals surface area contributed by atoms with Crippen molar-refractivity contribution in [1.29, 1.82) is 0 Å². The predicted molar refractivity (Wildman–Crippen MR) is 71.7 cm³/mol. The predicted octanol–water partition coefficient (Wildman–Crippen LogP) is 1.85. The van der Waals surface area contributed by atoms with Crippen molar-refractivity contribution in [2.45, 2.75) is 18.4 Å². The highest BCUT2D eigenvalue weighted by atomic mass is 79.9. The quantitative estimate of drug-likeness (QED) is 0.867. The first kappa shape index (κ1) is 11.9. The summed E-state index contributed by atoms with van der Waals surface area (Å²) in [6, 6.07) is 7.98. The van der Waals surface area contributed by atoms with Gasteiger partial charge in [-0.2, -0.15) is 5.10 Å². The summed E-state index contributed by atoms with van der Waals surface area (Å²) in [4.78, 5) is 12.3. The van der Waals surface area contributed by atoms with Crippen LogP contribution in [0, 0.1) is 0 Å². The molecule has 1 aromatic carbocycles. The normalized spacial score (nSPS) is 29.7. The Kier molecular flexibility index (Phi) is 2.75. The molecule has 2 aliphatic rings. The van der Waals surface area contributed by atoms with E-state index in [9.17, 15) is 4.79 Å². The summed E-state index contributed by atoms with van der Waals surface area (Å²) < 4.78 is 6.22. The van der Waals surface area contributed by atoms with Crippen LogP contribution in [0.1, 0.15) is 18.4 Å². The zero-order valence-electron chi connectivity index (χ0n) is 9.94. The minimum atomic E-state index is -0.644. The largest absolute Gasteiger partial charge is 0.361 e. The van der Waals surface area contributed by atoms with E-state index in [-0.39, 0.29) is 11.7 Å². The highest BCUT2D eigenvalue weighted by molar-refractivity contribution is 9.10. The molecule has 0 aliphatic carbocycles. The standard InChI is InChI=1S/C13H13BrN2O2/c1-13(7-18-13)12(17)11-10(6-15-16-11)8-3-2-4-9(14)5-8/h2-5,10,15H,6-7H2,1H3/t10?,13-/m1/s1. The number of carbonyl (C=O) groups is 1. The lowest BCUT2D eigenvalue weighted by molar-refractivity contribution is -0.117.